The van der Waals surface area contributed by atoms with Gasteiger partial charge in [-0.05, 0) is 72.0 Å². The molecule has 0 spiro atoms. The van der Waals surface area contributed by atoms with Gasteiger partial charge in [-0.3, -0.25) is 0 Å². The first-order valence-corrected chi connectivity index (χ1v) is 10.3. The molecule has 0 aliphatic rings. The predicted molar refractivity (Wildman–Crippen MR) is 118 cm³/mol. The van der Waals surface area contributed by atoms with Crippen molar-refractivity contribution in [2.24, 2.45) is 0 Å². The van der Waals surface area contributed by atoms with Crippen molar-refractivity contribution in [2.75, 3.05) is 6.61 Å². The first kappa shape index (κ1) is 19.2. The average molecular weight is 405 g/mol. The molecular weight excluding hydrogens is 383 g/mol. The summed E-state index contributed by atoms with van der Waals surface area (Å²) in [6.07, 6.45) is 3.96. The van der Waals surface area contributed by atoms with Gasteiger partial charge in [0.25, 0.3) is 0 Å². The second kappa shape index (κ2) is 8.93. The zero-order valence-electron chi connectivity index (χ0n) is 16.1. The minimum Gasteiger partial charge on any atom is -0.489 e. The van der Waals surface area contributed by atoms with E-state index in [4.69, 9.17) is 9.47 Å². The Morgan fingerprint density at radius 2 is 1.52 bits per heavy atom. The highest BCUT2D eigenvalue weighted by Crippen LogP contribution is 2.30. The van der Waals surface area contributed by atoms with Gasteiger partial charge >= 0.3 is 0 Å². The van der Waals surface area contributed by atoms with Gasteiger partial charge < -0.3 is 9.47 Å². The molecule has 0 saturated heterocycles. The van der Waals surface area contributed by atoms with Gasteiger partial charge in [-0.2, -0.15) is 0 Å². The van der Waals surface area contributed by atoms with Gasteiger partial charge in [0, 0.05) is 9.58 Å². The molecule has 4 aromatic rings. The van der Waals surface area contributed by atoms with E-state index in [0.717, 1.165) is 27.5 Å². The zero-order valence-corrected chi connectivity index (χ0v) is 16.9. The third-order valence-electron chi connectivity index (χ3n) is 4.54. The lowest BCUT2D eigenvalue weighted by Crippen LogP contribution is -1.92. The van der Waals surface area contributed by atoms with Crippen LogP contribution in [-0.2, 0) is 6.61 Å². The maximum atomic E-state index is 13.1. The van der Waals surface area contributed by atoms with Crippen LogP contribution in [0.4, 0.5) is 4.39 Å². The molecular formula is C25H21FO2S. The number of halogens is 1. The molecule has 0 radical (unpaired) electrons. The number of thiophene rings is 1. The summed E-state index contributed by atoms with van der Waals surface area (Å²) in [4.78, 5) is 1.16. The summed E-state index contributed by atoms with van der Waals surface area (Å²) in [6.45, 7) is 3.08. The molecule has 0 unspecified atom stereocenters. The summed E-state index contributed by atoms with van der Waals surface area (Å²) < 4.78 is 25.9. The van der Waals surface area contributed by atoms with E-state index in [1.807, 2.05) is 49.4 Å². The van der Waals surface area contributed by atoms with Crippen LogP contribution in [0.25, 0.3) is 21.2 Å². The number of hydrogen-bond acceptors (Lipinski definition) is 3. The molecule has 4 heteroatoms. The number of ether oxygens (including phenoxy) is 2. The molecule has 0 amide bonds. The van der Waals surface area contributed by atoms with E-state index in [-0.39, 0.29) is 5.82 Å². The average Bonchev–Trinajstić information content (AvgIpc) is 3.16. The second-order valence-electron chi connectivity index (χ2n) is 6.61. The van der Waals surface area contributed by atoms with Gasteiger partial charge in [0.15, 0.2) is 0 Å². The Morgan fingerprint density at radius 3 is 2.24 bits per heavy atom. The molecule has 2 nitrogen and oxygen atoms in total. The summed E-state index contributed by atoms with van der Waals surface area (Å²) in [7, 11) is 0. The molecule has 1 heterocycles. The molecule has 0 aliphatic heterocycles. The molecule has 3 aromatic carbocycles. The Bertz CT molecular complexity index is 1110. The fourth-order valence-electron chi connectivity index (χ4n) is 3.01. The van der Waals surface area contributed by atoms with Crippen molar-refractivity contribution in [2.45, 2.75) is 13.5 Å². The van der Waals surface area contributed by atoms with E-state index < -0.39 is 0 Å². The van der Waals surface area contributed by atoms with Crippen LogP contribution < -0.4 is 9.47 Å². The highest BCUT2D eigenvalue weighted by atomic mass is 32.1. The van der Waals surface area contributed by atoms with Crippen molar-refractivity contribution >= 4 is 21.4 Å². The topological polar surface area (TPSA) is 18.5 Å². The maximum Gasteiger partial charge on any atom is 0.123 e. The first-order valence-electron chi connectivity index (χ1n) is 9.46. The minimum absolute atomic E-state index is 0.228. The van der Waals surface area contributed by atoms with Gasteiger partial charge in [0.1, 0.15) is 30.5 Å². The van der Waals surface area contributed by atoms with Gasteiger partial charge in [-0.25, -0.2) is 4.39 Å². The monoisotopic (exact) mass is 404 g/mol. The van der Waals surface area contributed by atoms with Crippen LogP contribution in [0.5, 0.6) is 11.5 Å². The second-order valence-corrected chi connectivity index (χ2v) is 7.78. The summed E-state index contributed by atoms with van der Waals surface area (Å²) in [5.41, 5.74) is 2.01. The Morgan fingerprint density at radius 1 is 0.828 bits per heavy atom. The normalized spacial score (nSPS) is 11.2. The third-order valence-corrected chi connectivity index (χ3v) is 5.61. The minimum atomic E-state index is -0.228. The van der Waals surface area contributed by atoms with Crippen molar-refractivity contribution < 1.29 is 13.9 Å². The largest absolute Gasteiger partial charge is 0.489 e. The zero-order chi connectivity index (χ0) is 20.1. The number of hydrogen-bond donors (Lipinski definition) is 0. The van der Waals surface area contributed by atoms with Gasteiger partial charge in [0.2, 0.25) is 0 Å². The Labute approximate surface area is 173 Å². The van der Waals surface area contributed by atoms with Crippen molar-refractivity contribution in [3.63, 3.8) is 0 Å². The SMILES string of the molecule is C/C=C/COc1ccc2cc(COc3ccc(-c4ccc(F)cc4)cc3)sc2c1. The van der Waals surface area contributed by atoms with Crippen LogP contribution >= 0.6 is 11.3 Å². The summed E-state index contributed by atoms with van der Waals surface area (Å²) in [6, 6.07) is 22.7. The Balaban J connectivity index is 1.40. The lowest BCUT2D eigenvalue weighted by molar-refractivity contribution is 0.310. The van der Waals surface area contributed by atoms with Gasteiger partial charge in [-0.15, -0.1) is 11.3 Å². The number of fused-ring (bicyclic) bond motifs is 1. The number of benzene rings is 3. The lowest BCUT2D eigenvalue weighted by atomic mass is 10.1. The standard InChI is InChI=1S/C25H21FO2S/c1-2-3-14-27-23-13-8-20-15-24(29-25(20)16-23)17-28-22-11-6-19(7-12-22)18-4-9-21(26)10-5-18/h2-13,15-16H,14,17H2,1H3/b3-2+. The first-order chi connectivity index (χ1) is 14.2. The lowest BCUT2D eigenvalue weighted by Gasteiger charge is -2.06. The van der Waals surface area contributed by atoms with E-state index >= 15 is 0 Å². The van der Waals surface area contributed by atoms with E-state index in [1.165, 1.54) is 22.2 Å². The maximum absolute atomic E-state index is 13.1. The molecule has 4 rings (SSSR count). The highest BCUT2D eigenvalue weighted by Gasteiger charge is 2.05. The van der Waals surface area contributed by atoms with Crippen LogP contribution in [0.3, 0.4) is 0 Å². The summed E-state index contributed by atoms with van der Waals surface area (Å²) >= 11 is 1.71. The van der Waals surface area contributed by atoms with Gasteiger partial charge in [-0.1, -0.05) is 36.4 Å². The van der Waals surface area contributed by atoms with Crippen molar-refractivity contribution in [1.29, 1.82) is 0 Å². The van der Waals surface area contributed by atoms with E-state index in [9.17, 15) is 4.39 Å². The molecule has 0 aliphatic carbocycles. The molecule has 0 bridgehead atoms. The van der Waals surface area contributed by atoms with Crippen molar-refractivity contribution in [1.82, 2.24) is 0 Å². The van der Waals surface area contributed by atoms with Crippen LogP contribution in [0.2, 0.25) is 0 Å². The van der Waals surface area contributed by atoms with E-state index in [0.29, 0.717) is 13.2 Å². The quantitative estimate of drug-likeness (QED) is 0.302. The third kappa shape index (κ3) is 4.84. The molecule has 1 aromatic heterocycles. The number of allylic oxidation sites excluding steroid dienone is 1. The van der Waals surface area contributed by atoms with Crippen molar-refractivity contribution in [3.8, 4) is 22.6 Å². The highest BCUT2D eigenvalue weighted by molar-refractivity contribution is 7.19. The Kier molecular flexibility index (Phi) is 5.92. The summed E-state index contributed by atoms with van der Waals surface area (Å²) in [5.74, 6) is 1.46. The van der Waals surface area contributed by atoms with Crippen LogP contribution in [-0.4, -0.2) is 6.61 Å². The molecule has 0 fully saturated rings. The molecule has 146 valence electrons. The Hall–Kier alpha value is -3.11. The summed E-state index contributed by atoms with van der Waals surface area (Å²) in [5, 5.41) is 1.19. The fraction of sp³-hybridized carbons (Fsp3) is 0.120. The fourth-order valence-corrected chi connectivity index (χ4v) is 4.01. The molecule has 0 saturated carbocycles. The van der Waals surface area contributed by atoms with Gasteiger partial charge in [0.05, 0.1) is 0 Å². The van der Waals surface area contributed by atoms with Crippen LogP contribution in [0.15, 0.2) is 84.9 Å². The smallest absolute Gasteiger partial charge is 0.123 e. The van der Waals surface area contributed by atoms with Crippen LogP contribution in [0, 0.1) is 5.82 Å². The molecule has 29 heavy (non-hydrogen) atoms. The van der Waals surface area contributed by atoms with E-state index in [2.05, 4.69) is 18.2 Å². The molecule has 0 atom stereocenters. The van der Waals surface area contributed by atoms with Crippen LogP contribution in [0.1, 0.15) is 11.8 Å². The van der Waals surface area contributed by atoms with Crippen molar-refractivity contribution in [3.05, 3.63) is 95.6 Å². The van der Waals surface area contributed by atoms with E-state index in [1.54, 1.807) is 23.5 Å². The number of rotatable bonds is 7. The predicted octanol–water partition coefficient (Wildman–Crippen LogP) is 7.24. The molecule has 0 N–H and O–H groups in total.